The SMILES string of the molecule is CC(C#N)(CCC(=O)O)SSSc1ccccc1. The molecule has 3 nitrogen and oxygen atoms in total. The van der Waals surface area contributed by atoms with Crippen LogP contribution in [0.2, 0.25) is 0 Å². The van der Waals surface area contributed by atoms with E-state index in [9.17, 15) is 4.79 Å². The third kappa shape index (κ3) is 5.71. The van der Waals surface area contributed by atoms with Gasteiger partial charge in [0.25, 0.3) is 0 Å². The molecule has 0 aromatic heterocycles. The molecule has 96 valence electrons. The van der Waals surface area contributed by atoms with Gasteiger partial charge < -0.3 is 5.11 Å². The highest BCUT2D eigenvalue weighted by molar-refractivity contribution is 9.09. The molecule has 0 aliphatic carbocycles. The van der Waals surface area contributed by atoms with Crippen LogP contribution in [0.5, 0.6) is 0 Å². The minimum Gasteiger partial charge on any atom is -0.481 e. The normalized spacial score (nSPS) is 13.6. The zero-order valence-electron chi connectivity index (χ0n) is 9.83. The fraction of sp³-hybridized carbons (Fsp3) is 0.333. The summed E-state index contributed by atoms with van der Waals surface area (Å²) in [6.45, 7) is 1.78. The molecule has 1 aromatic carbocycles. The zero-order valence-corrected chi connectivity index (χ0v) is 12.3. The lowest BCUT2D eigenvalue weighted by Crippen LogP contribution is -2.17. The van der Waals surface area contributed by atoms with Gasteiger partial charge in [-0.05, 0) is 46.1 Å². The summed E-state index contributed by atoms with van der Waals surface area (Å²) in [5.74, 6) is -0.863. The molecule has 0 amide bonds. The highest BCUT2D eigenvalue weighted by Gasteiger charge is 2.26. The van der Waals surface area contributed by atoms with Crippen molar-refractivity contribution in [2.45, 2.75) is 29.4 Å². The summed E-state index contributed by atoms with van der Waals surface area (Å²) in [6, 6.07) is 12.1. The van der Waals surface area contributed by atoms with Gasteiger partial charge >= 0.3 is 5.97 Å². The Bertz CT molecular complexity index is 433. The van der Waals surface area contributed by atoms with Crippen molar-refractivity contribution in [2.24, 2.45) is 0 Å². The largest absolute Gasteiger partial charge is 0.481 e. The van der Waals surface area contributed by atoms with Crippen molar-refractivity contribution in [1.29, 1.82) is 5.26 Å². The van der Waals surface area contributed by atoms with Crippen molar-refractivity contribution in [3.05, 3.63) is 30.3 Å². The Hall–Kier alpha value is -0.770. The number of rotatable bonds is 7. The average Bonchev–Trinajstić information content (AvgIpc) is 2.38. The average molecular weight is 299 g/mol. The Morgan fingerprint density at radius 1 is 1.44 bits per heavy atom. The number of carboxylic acids is 1. The number of aliphatic carboxylic acids is 1. The summed E-state index contributed by atoms with van der Waals surface area (Å²) in [7, 11) is 4.50. The van der Waals surface area contributed by atoms with Gasteiger partial charge in [-0.15, -0.1) is 0 Å². The molecule has 0 heterocycles. The van der Waals surface area contributed by atoms with E-state index in [0.29, 0.717) is 6.42 Å². The maximum absolute atomic E-state index is 10.5. The van der Waals surface area contributed by atoms with Gasteiger partial charge in [-0.3, -0.25) is 4.79 Å². The second-order valence-electron chi connectivity index (χ2n) is 3.78. The number of carboxylic acid groups (broad SMARTS) is 1. The first kappa shape index (κ1) is 15.3. The first-order valence-corrected chi connectivity index (χ1v) is 8.74. The number of benzene rings is 1. The molecule has 6 heteroatoms. The van der Waals surface area contributed by atoms with E-state index in [0.717, 1.165) is 4.90 Å². The molecular formula is C12H13NO2S3. The van der Waals surface area contributed by atoms with Crippen LogP contribution < -0.4 is 0 Å². The van der Waals surface area contributed by atoms with Gasteiger partial charge in [0.15, 0.2) is 0 Å². The van der Waals surface area contributed by atoms with Crippen LogP contribution in [0.15, 0.2) is 35.2 Å². The van der Waals surface area contributed by atoms with E-state index in [1.54, 1.807) is 17.7 Å². The number of nitriles is 1. The summed E-state index contributed by atoms with van der Waals surface area (Å²) in [5.41, 5.74) is 0. The Balaban J connectivity index is 2.40. The van der Waals surface area contributed by atoms with Crippen molar-refractivity contribution in [1.82, 2.24) is 0 Å². The molecule has 0 bridgehead atoms. The Labute approximate surface area is 118 Å². The minimum atomic E-state index is -0.863. The lowest BCUT2D eigenvalue weighted by Gasteiger charge is -2.18. The summed E-state index contributed by atoms with van der Waals surface area (Å²) in [6.07, 6.45) is 0.374. The van der Waals surface area contributed by atoms with Gasteiger partial charge in [0.1, 0.15) is 4.75 Å². The summed E-state index contributed by atoms with van der Waals surface area (Å²) in [4.78, 5) is 11.6. The van der Waals surface area contributed by atoms with Gasteiger partial charge in [0.2, 0.25) is 0 Å². The molecule has 0 aliphatic rings. The molecule has 0 spiro atoms. The molecule has 0 fully saturated rings. The van der Waals surface area contributed by atoms with Crippen molar-refractivity contribution < 1.29 is 9.90 Å². The Morgan fingerprint density at radius 2 is 2.11 bits per heavy atom. The predicted molar refractivity (Wildman–Crippen MR) is 78.4 cm³/mol. The van der Waals surface area contributed by atoms with E-state index in [4.69, 9.17) is 10.4 Å². The van der Waals surface area contributed by atoms with Crippen molar-refractivity contribution in [3.63, 3.8) is 0 Å². The molecule has 0 saturated carbocycles. The van der Waals surface area contributed by atoms with Crippen LogP contribution in [0.3, 0.4) is 0 Å². The Morgan fingerprint density at radius 3 is 2.67 bits per heavy atom. The zero-order chi connectivity index (χ0) is 13.4. The maximum Gasteiger partial charge on any atom is 0.303 e. The molecule has 1 atom stereocenters. The topological polar surface area (TPSA) is 61.1 Å². The third-order valence-electron chi connectivity index (χ3n) is 2.14. The van der Waals surface area contributed by atoms with Gasteiger partial charge in [-0.25, -0.2) is 0 Å². The first-order valence-electron chi connectivity index (χ1n) is 5.26. The predicted octanol–water partition coefficient (Wildman–Crippen LogP) is 4.22. The van der Waals surface area contributed by atoms with Gasteiger partial charge in [0, 0.05) is 11.3 Å². The fourth-order valence-electron chi connectivity index (χ4n) is 1.07. The lowest BCUT2D eigenvalue weighted by atomic mass is 10.1. The minimum absolute atomic E-state index is 0.0215. The van der Waals surface area contributed by atoms with Crippen molar-refractivity contribution in [2.75, 3.05) is 0 Å². The maximum atomic E-state index is 10.5. The van der Waals surface area contributed by atoms with Crippen LogP contribution in [0.25, 0.3) is 0 Å². The summed E-state index contributed by atoms with van der Waals surface area (Å²) < 4.78 is -0.662. The van der Waals surface area contributed by atoms with Crippen molar-refractivity contribution in [3.8, 4) is 6.07 Å². The quantitative estimate of drug-likeness (QED) is 0.761. The van der Waals surface area contributed by atoms with Crippen LogP contribution >= 0.6 is 31.4 Å². The number of hydrogen-bond donors (Lipinski definition) is 1. The van der Waals surface area contributed by atoms with Gasteiger partial charge in [-0.2, -0.15) is 5.26 Å². The van der Waals surface area contributed by atoms with Gasteiger partial charge in [-0.1, -0.05) is 29.0 Å². The van der Waals surface area contributed by atoms with E-state index in [-0.39, 0.29) is 6.42 Å². The van der Waals surface area contributed by atoms with Crippen LogP contribution in [0.4, 0.5) is 0 Å². The van der Waals surface area contributed by atoms with E-state index >= 15 is 0 Å². The molecule has 1 N–H and O–H groups in total. The van der Waals surface area contributed by atoms with E-state index in [1.165, 1.54) is 20.6 Å². The third-order valence-corrected chi connectivity index (χ3v) is 6.72. The van der Waals surface area contributed by atoms with Crippen molar-refractivity contribution >= 4 is 37.4 Å². The van der Waals surface area contributed by atoms with Crippen LogP contribution in [0.1, 0.15) is 19.8 Å². The smallest absolute Gasteiger partial charge is 0.303 e. The molecule has 1 rings (SSSR count). The van der Waals surface area contributed by atoms with E-state index < -0.39 is 10.7 Å². The van der Waals surface area contributed by atoms with Gasteiger partial charge in [0.05, 0.1) is 6.07 Å². The number of nitrogens with zero attached hydrogens (tertiary/aromatic N) is 1. The highest BCUT2D eigenvalue weighted by Crippen LogP contribution is 2.47. The van der Waals surface area contributed by atoms with E-state index in [2.05, 4.69) is 6.07 Å². The molecule has 0 aliphatic heterocycles. The Kier molecular flexibility index (Phi) is 6.47. The van der Waals surface area contributed by atoms with Crippen LogP contribution in [0, 0.1) is 11.3 Å². The summed E-state index contributed by atoms with van der Waals surface area (Å²) >= 11 is 0. The second-order valence-corrected chi connectivity index (χ2v) is 8.26. The standard InChI is InChI=1S/C12H13NO2S3/c1-12(9-13,8-7-11(14)15)17-18-16-10-5-3-2-4-6-10/h2-6H,7-8H2,1H3,(H,14,15). The molecule has 1 aromatic rings. The molecule has 0 radical (unpaired) electrons. The molecule has 1 unspecified atom stereocenters. The first-order chi connectivity index (χ1) is 8.56. The molecule has 18 heavy (non-hydrogen) atoms. The molecule has 0 saturated heterocycles. The monoisotopic (exact) mass is 299 g/mol. The van der Waals surface area contributed by atoms with E-state index in [1.807, 2.05) is 30.3 Å². The summed E-state index contributed by atoms with van der Waals surface area (Å²) in [5, 5.41) is 17.8. The molecular weight excluding hydrogens is 286 g/mol. The highest BCUT2D eigenvalue weighted by atomic mass is 33.5. The number of hydrogen-bond acceptors (Lipinski definition) is 5. The fourth-order valence-corrected chi connectivity index (χ4v) is 5.67. The number of carbonyl (C=O) groups is 1. The lowest BCUT2D eigenvalue weighted by molar-refractivity contribution is -0.137. The van der Waals surface area contributed by atoms with Crippen LogP contribution in [-0.4, -0.2) is 15.8 Å². The second kappa shape index (κ2) is 7.62. The van der Waals surface area contributed by atoms with Crippen LogP contribution in [-0.2, 0) is 4.79 Å².